The van der Waals surface area contributed by atoms with Gasteiger partial charge < -0.3 is 4.74 Å². The van der Waals surface area contributed by atoms with Crippen molar-refractivity contribution in [3.63, 3.8) is 0 Å². The monoisotopic (exact) mass is 185 g/mol. The second-order valence-electron chi connectivity index (χ2n) is 2.31. The van der Waals surface area contributed by atoms with Gasteiger partial charge in [-0.1, -0.05) is 0 Å². The summed E-state index contributed by atoms with van der Waals surface area (Å²) in [5.41, 5.74) is 0.487. The fraction of sp³-hybridized carbons (Fsp3) is 0.222. The molecule has 2 nitrogen and oxygen atoms in total. The average Bonchev–Trinajstić information content (AvgIpc) is 2.15. The van der Waals surface area contributed by atoms with Gasteiger partial charge in [0.15, 0.2) is 0 Å². The zero-order valence-electron chi connectivity index (χ0n) is 7.08. The van der Waals surface area contributed by atoms with E-state index in [0.29, 0.717) is 17.7 Å². The minimum Gasteiger partial charge on any atom is -0.497 e. The third-order valence-electron chi connectivity index (χ3n) is 1.41. The fourth-order valence-electron chi connectivity index (χ4n) is 0.811. The zero-order chi connectivity index (χ0) is 9.68. The largest absolute Gasteiger partial charge is 0.497 e. The topological polar surface area (TPSA) is 21.6 Å². The molecular weight excluding hydrogens is 176 g/mol. The number of benzene rings is 1. The lowest BCUT2D eigenvalue weighted by molar-refractivity contribution is 0.231. The van der Waals surface area contributed by atoms with E-state index in [1.165, 1.54) is 7.11 Å². The minimum atomic E-state index is -2.51. The molecule has 0 radical (unpaired) electrons. The Morgan fingerprint density at radius 1 is 1.31 bits per heavy atom. The van der Waals surface area contributed by atoms with E-state index in [0.717, 1.165) is 0 Å². The molecule has 0 aliphatic heterocycles. The van der Waals surface area contributed by atoms with Crippen molar-refractivity contribution in [2.75, 3.05) is 7.11 Å². The van der Waals surface area contributed by atoms with E-state index in [9.17, 15) is 8.78 Å². The Kier molecular flexibility index (Phi) is 3.37. The second-order valence-corrected chi connectivity index (χ2v) is 2.31. The van der Waals surface area contributed by atoms with Crippen LogP contribution in [0.1, 0.15) is 0 Å². The van der Waals surface area contributed by atoms with Crippen molar-refractivity contribution in [1.82, 2.24) is 0 Å². The first-order valence-electron chi connectivity index (χ1n) is 3.69. The number of halogens is 2. The first-order valence-corrected chi connectivity index (χ1v) is 3.69. The van der Waals surface area contributed by atoms with Crippen molar-refractivity contribution >= 4 is 11.9 Å². The van der Waals surface area contributed by atoms with Crippen molar-refractivity contribution in [1.29, 1.82) is 0 Å². The number of hydrogen-bond acceptors (Lipinski definition) is 2. The average molecular weight is 185 g/mol. The number of rotatable bonds is 3. The van der Waals surface area contributed by atoms with Gasteiger partial charge in [-0.3, -0.25) is 4.99 Å². The summed E-state index contributed by atoms with van der Waals surface area (Å²) >= 11 is 0. The van der Waals surface area contributed by atoms with Crippen LogP contribution in [0.3, 0.4) is 0 Å². The van der Waals surface area contributed by atoms with Crippen molar-refractivity contribution < 1.29 is 13.5 Å². The van der Waals surface area contributed by atoms with Crippen LogP contribution in [0.15, 0.2) is 29.3 Å². The van der Waals surface area contributed by atoms with E-state index in [4.69, 9.17) is 4.74 Å². The lowest BCUT2D eigenvalue weighted by Crippen LogP contribution is -1.88. The summed E-state index contributed by atoms with van der Waals surface area (Å²) in [6, 6.07) is 6.55. The van der Waals surface area contributed by atoms with E-state index in [1.807, 2.05) is 0 Å². The molecule has 4 heteroatoms. The fourth-order valence-corrected chi connectivity index (χ4v) is 0.811. The van der Waals surface area contributed by atoms with Crippen LogP contribution in [0.2, 0.25) is 0 Å². The summed E-state index contributed by atoms with van der Waals surface area (Å²) in [5, 5.41) is 0. The van der Waals surface area contributed by atoms with Gasteiger partial charge in [-0.15, -0.1) is 0 Å². The van der Waals surface area contributed by atoms with Gasteiger partial charge in [0.1, 0.15) is 5.75 Å². The number of ether oxygens (including phenoxy) is 1. The Morgan fingerprint density at radius 3 is 2.38 bits per heavy atom. The van der Waals surface area contributed by atoms with Gasteiger partial charge in [-0.05, 0) is 24.3 Å². The van der Waals surface area contributed by atoms with Crippen LogP contribution < -0.4 is 4.74 Å². The Bertz CT molecular complexity index is 282. The van der Waals surface area contributed by atoms with Crippen molar-refractivity contribution in [3.8, 4) is 5.75 Å². The highest BCUT2D eigenvalue weighted by atomic mass is 19.3. The Morgan fingerprint density at radius 2 is 1.92 bits per heavy atom. The molecule has 0 spiro atoms. The molecule has 1 aromatic carbocycles. The molecular formula is C9H9F2NO. The quantitative estimate of drug-likeness (QED) is 0.663. The third kappa shape index (κ3) is 3.19. The molecule has 0 saturated heterocycles. The number of alkyl halides is 2. The van der Waals surface area contributed by atoms with Crippen LogP contribution in [0.25, 0.3) is 0 Å². The minimum absolute atomic E-state index is 0.487. The molecule has 0 saturated carbocycles. The maximum absolute atomic E-state index is 11.7. The summed E-state index contributed by atoms with van der Waals surface area (Å²) in [7, 11) is 1.54. The lowest BCUT2D eigenvalue weighted by Gasteiger charge is -1.98. The molecule has 0 bridgehead atoms. The number of hydrogen-bond donors (Lipinski definition) is 0. The molecule has 0 aliphatic carbocycles. The molecule has 0 N–H and O–H groups in total. The van der Waals surface area contributed by atoms with Crippen LogP contribution in [-0.2, 0) is 0 Å². The molecule has 70 valence electrons. The van der Waals surface area contributed by atoms with Crippen LogP contribution >= 0.6 is 0 Å². The van der Waals surface area contributed by atoms with Gasteiger partial charge in [0.2, 0.25) is 0 Å². The smallest absolute Gasteiger partial charge is 0.273 e. The first-order chi connectivity index (χ1) is 6.22. The predicted molar refractivity (Wildman–Crippen MR) is 47.2 cm³/mol. The molecule has 0 unspecified atom stereocenters. The molecule has 1 aromatic rings. The maximum atomic E-state index is 11.7. The lowest BCUT2D eigenvalue weighted by atomic mass is 10.3. The standard InChI is InChI=1S/C9H9F2NO/c1-13-8-4-2-7(3-5-8)12-6-9(10)11/h2-6,9H,1H3/b12-6+. The van der Waals surface area contributed by atoms with Crippen molar-refractivity contribution in [2.45, 2.75) is 6.43 Å². The predicted octanol–water partition coefficient (Wildman–Crippen LogP) is 2.66. The maximum Gasteiger partial charge on any atom is 0.273 e. The number of aliphatic imine (C=N–C) groups is 1. The van der Waals surface area contributed by atoms with Crippen molar-refractivity contribution in [2.24, 2.45) is 4.99 Å². The first kappa shape index (κ1) is 9.64. The number of methoxy groups -OCH3 is 1. The highest BCUT2D eigenvalue weighted by Gasteiger charge is 1.95. The highest BCUT2D eigenvalue weighted by Crippen LogP contribution is 2.17. The van der Waals surface area contributed by atoms with E-state index < -0.39 is 6.43 Å². The third-order valence-corrected chi connectivity index (χ3v) is 1.41. The zero-order valence-corrected chi connectivity index (χ0v) is 7.08. The molecule has 0 aliphatic rings. The van der Waals surface area contributed by atoms with Crippen molar-refractivity contribution in [3.05, 3.63) is 24.3 Å². The van der Waals surface area contributed by atoms with Crippen LogP contribution in [0.4, 0.5) is 14.5 Å². The van der Waals surface area contributed by atoms with Gasteiger partial charge in [0, 0.05) is 0 Å². The van der Waals surface area contributed by atoms with Gasteiger partial charge in [-0.25, -0.2) is 8.78 Å². The van der Waals surface area contributed by atoms with E-state index in [-0.39, 0.29) is 0 Å². The van der Waals surface area contributed by atoms with Gasteiger partial charge in [-0.2, -0.15) is 0 Å². The highest BCUT2D eigenvalue weighted by molar-refractivity contribution is 5.66. The molecule has 0 aromatic heterocycles. The second kappa shape index (κ2) is 4.54. The van der Waals surface area contributed by atoms with E-state index in [2.05, 4.69) is 4.99 Å². The molecule has 1 rings (SSSR count). The van der Waals surface area contributed by atoms with Crippen LogP contribution in [-0.4, -0.2) is 19.7 Å². The Hall–Kier alpha value is -1.45. The van der Waals surface area contributed by atoms with Gasteiger partial charge in [0.25, 0.3) is 6.43 Å². The normalized spacial score (nSPS) is 11.1. The summed E-state index contributed by atoms with van der Waals surface area (Å²) in [5.74, 6) is 0.677. The molecule has 0 amide bonds. The van der Waals surface area contributed by atoms with Crippen LogP contribution in [0.5, 0.6) is 5.75 Å². The van der Waals surface area contributed by atoms with Gasteiger partial charge >= 0.3 is 0 Å². The molecule has 0 atom stereocenters. The number of nitrogens with zero attached hydrogens (tertiary/aromatic N) is 1. The molecule has 0 fully saturated rings. The molecule has 13 heavy (non-hydrogen) atoms. The molecule has 0 heterocycles. The summed E-state index contributed by atoms with van der Waals surface area (Å²) in [6.45, 7) is 0. The SMILES string of the molecule is COc1ccc(/N=C/C(F)F)cc1. The Balaban J connectivity index is 2.69. The van der Waals surface area contributed by atoms with E-state index in [1.54, 1.807) is 24.3 Å². The summed E-state index contributed by atoms with van der Waals surface area (Å²) in [6.07, 6.45) is -1.91. The van der Waals surface area contributed by atoms with Gasteiger partial charge in [0.05, 0.1) is 19.0 Å². The summed E-state index contributed by atoms with van der Waals surface area (Å²) in [4.78, 5) is 3.55. The summed E-state index contributed by atoms with van der Waals surface area (Å²) < 4.78 is 28.3. The van der Waals surface area contributed by atoms with E-state index >= 15 is 0 Å². The Labute approximate surface area is 74.9 Å². The van der Waals surface area contributed by atoms with Crippen LogP contribution in [0, 0.1) is 0 Å².